The van der Waals surface area contributed by atoms with Gasteiger partial charge in [-0.15, -0.1) is 0 Å². The Hall–Kier alpha value is -0.840. The molecular formula is C14H10Br2ClNO. The van der Waals surface area contributed by atoms with Crippen LogP contribution in [0.3, 0.4) is 0 Å². The standard InChI is InChI=1S/C14H10Br2ClNO/c1-7-4-11(16)9(6-10(7)15)14(19)8-2-3-12(17)13(18)5-8/h2-6H,18H2,1H3. The van der Waals surface area contributed by atoms with Gasteiger partial charge in [0.05, 0.1) is 10.7 Å². The van der Waals surface area contributed by atoms with Crippen LogP contribution >= 0.6 is 43.5 Å². The van der Waals surface area contributed by atoms with Gasteiger partial charge in [-0.05, 0) is 42.8 Å². The number of benzene rings is 2. The molecule has 0 aliphatic rings. The molecular weight excluding hydrogens is 393 g/mol. The summed E-state index contributed by atoms with van der Waals surface area (Å²) in [6.07, 6.45) is 0. The SMILES string of the molecule is Cc1cc(Br)c(C(=O)c2ccc(Cl)c(N)c2)cc1Br. The molecule has 0 bridgehead atoms. The number of hydrogen-bond donors (Lipinski definition) is 1. The minimum Gasteiger partial charge on any atom is -0.398 e. The molecule has 0 spiro atoms. The third-order valence-corrected chi connectivity index (χ3v) is 4.61. The van der Waals surface area contributed by atoms with Crippen molar-refractivity contribution in [2.24, 2.45) is 0 Å². The molecule has 0 radical (unpaired) electrons. The second kappa shape index (κ2) is 5.65. The molecule has 2 aromatic rings. The summed E-state index contributed by atoms with van der Waals surface area (Å²) < 4.78 is 1.65. The van der Waals surface area contributed by atoms with Gasteiger partial charge in [-0.25, -0.2) is 0 Å². The van der Waals surface area contributed by atoms with Gasteiger partial charge < -0.3 is 5.73 Å². The highest BCUT2D eigenvalue weighted by Crippen LogP contribution is 2.28. The first-order valence-electron chi connectivity index (χ1n) is 5.45. The van der Waals surface area contributed by atoms with Gasteiger partial charge in [0.15, 0.2) is 5.78 Å². The number of hydrogen-bond acceptors (Lipinski definition) is 2. The topological polar surface area (TPSA) is 43.1 Å². The maximum absolute atomic E-state index is 12.4. The molecule has 0 fully saturated rings. The number of halogens is 3. The van der Waals surface area contributed by atoms with Gasteiger partial charge >= 0.3 is 0 Å². The average Bonchev–Trinajstić information content (AvgIpc) is 2.36. The van der Waals surface area contributed by atoms with E-state index in [9.17, 15) is 4.79 Å². The Morgan fingerprint density at radius 2 is 1.84 bits per heavy atom. The molecule has 0 heterocycles. The Balaban J connectivity index is 2.49. The fourth-order valence-corrected chi connectivity index (χ4v) is 2.76. The molecule has 0 amide bonds. The molecule has 2 aromatic carbocycles. The van der Waals surface area contributed by atoms with E-state index < -0.39 is 0 Å². The Labute approximate surface area is 133 Å². The number of rotatable bonds is 2. The van der Waals surface area contributed by atoms with E-state index in [1.165, 1.54) is 0 Å². The summed E-state index contributed by atoms with van der Waals surface area (Å²) in [5, 5.41) is 0.445. The van der Waals surface area contributed by atoms with Crippen molar-refractivity contribution in [3.05, 3.63) is 61.0 Å². The third-order valence-electron chi connectivity index (χ3n) is 2.75. The zero-order valence-electron chi connectivity index (χ0n) is 10.0. The highest BCUT2D eigenvalue weighted by atomic mass is 79.9. The minimum absolute atomic E-state index is 0.101. The zero-order chi connectivity index (χ0) is 14.2. The van der Waals surface area contributed by atoms with Crippen molar-refractivity contribution in [3.63, 3.8) is 0 Å². The van der Waals surface area contributed by atoms with Crippen molar-refractivity contribution in [2.45, 2.75) is 6.92 Å². The monoisotopic (exact) mass is 401 g/mol. The lowest BCUT2D eigenvalue weighted by Gasteiger charge is -2.08. The number of anilines is 1. The predicted molar refractivity (Wildman–Crippen MR) is 85.9 cm³/mol. The number of carbonyl (C=O) groups is 1. The van der Waals surface area contributed by atoms with E-state index in [4.69, 9.17) is 17.3 Å². The van der Waals surface area contributed by atoms with Crippen LogP contribution < -0.4 is 5.73 Å². The molecule has 98 valence electrons. The molecule has 19 heavy (non-hydrogen) atoms. The minimum atomic E-state index is -0.101. The zero-order valence-corrected chi connectivity index (χ0v) is 13.9. The molecule has 0 aromatic heterocycles. The van der Waals surface area contributed by atoms with Crippen LogP contribution in [0.4, 0.5) is 5.69 Å². The van der Waals surface area contributed by atoms with Crippen LogP contribution in [0.15, 0.2) is 39.3 Å². The number of aryl methyl sites for hydroxylation is 1. The Morgan fingerprint density at radius 1 is 1.16 bits per heavy atom. The summed E-state index contributed by atoms with van der Waals surface area (Å²) in [5.41, 5.74) is 8.27. The van der Waals surface area contributed by atoms with Crippen molar-refractivity contribution < 1.29 is 4.79 Å². The van der Waals surface area contributed by atoms with Crippen molar-refractivity contribution >= 4 is 54.9 Å². The molecule has 0 aliphatic heterocycles. The van der Waals surface area contributed by atoms with Crippen LogP contribution in [0, 0.1) is 6.92 Å². The molecule has 2 rings (SSSR count). The average molecular weight is 404 g/mol. The summed E-state index contributed by atoms with van der Waals surface area (Å²) in [5.74, 6) is -0.101. The number of ketones is 1. The molecule has 0 saturated carbocycles. The smallest absolute Gasteiger partial charge is 0.194 e. The summed E-state index contributed by atoms with van der Waals surface area (Å²) in [4.78, 5) is 12.4. The van der Waals surface area contributed by atoms with E-state index in [-0.39, 0.29) is 5.78 Å². The van der Waals surface area contributed by atoms with E-state index in [1.807, 2.05) is 13.0 Å². The van der Waals surface area contributed by atoms with Gasteiger partial charge in [-0.2, -0.15) is 0 Å². The molecule has 0 unspecified atom stereocenters. The molecule has 5 heteroatoms. The number of carbonyl (C=O) groups excluding carboxylic acids is 1. The van der Waals surface area contributed by atoms with Gasteiger partial charge in [-0.1, -0.05) is 43.5 Å². The van der Waals surface area contributed by atoms with Gasteiger partial charge in [-0.3, -0.25) is 4.79 Å². The normalized spacial score (nSPS) is 10.5. The quantitative estimate of drug-likeness (QED) is 0.567. The third kappa shape index (κ3) is 3.02. The van der Waals surface area contributed by atoms with E-state index in [0.29, 0.717) is 21.8 Å². The second-order valence-electron chi connectivity index (χ2n) is 4.15. The van der Waals surface area contributed by atoms with Gasteiger partial charge in [0.1, 0.15) is 0 Å². The van der Waals surface area contributed by atoms with Gasteiger partial charge in [0, 0.05) is 20.1 Å². The Kier molecular flexibility index (Phi) is 4.33. The highest BCUT2D eigenvalue weighted by molar-refractivity contribution is 9.11. The first-order valence-corrected chi connectivity index (χ1v) is 7.42. The van der Waals surface area contributed by atoms with Crippen LogP contribution in [0.25, 0.3) is 0 Å². The predicted octanol–water partition coefficient (Wildman–Crippen LogP) is 4.99. The van der Waals surface area contributed by atoms with Gasteiger partial charge in [0.2, 0.25) is 0 Å². The van der Waals surface area contributed by atoms with Crippen molar-refractivity contribution in [1.29, 1.82) is 0 Å². The first-order chi connectivity index (χ1) is 8.90. The lowest BCUT2D eigenvalue weighted by atomic mass is 10.0. The Bertz CT molecular complexity index is 671. The summed E-state index contributed by atoms with van der Waals surface area (Å²) in [7, 11) is 0. The summed E-state index contributed by atoms with van der Waals surface area (Å²) in [6, 6.07) is 8.58. The van der Waals surface area contributed by atoms with E-state index in [2.05, 4.69) is 31.9 Å². The lowest BCUT2D eigenvalue weighted by Crippen LogP contribution is -2.04. The molecule has 2 nitrogen and oxygen atoms in total. The fourth-order valence-electron chi connectivity index (χ4n) is 1.66. The molecule has 0 atom stereocenters. The van der Waals surface area contributed by atoms with E-state index >= 15 is 0 Å². The Morgan fingerprint density at radius 3 is 2.47 bits per heavy atom. The second-order valence-corrected chi connectivity index (χ2v) is 6.26. The maximum atomic E-state index is 12.4. The van der Waals surface area contributed by atoms with Crippen LogP contribution in [0.1, 0.15) is 21.5 Å². The van der Waals surface area contributed by atoms with Crippen molar-refractivity contribution in [3.8, 4) is 0 Å². The molecule has 0 aliphatic carbocycles. The van der Waals surface area contributed by atoms with E-state index in [0.717, 1.165) is 14.5 Å². The fraction of sp³-hybridized carbons (Fsp3) is 0.0714. The molecule has 0 saturated heterocycles. The van der Waals surface area contributed by atoms with Crippen LogP contribution in [-0.4, -0.2) is 5.78 Å². The maximum Gasteiger partial charge on any atom is 0.194 e. The van der Waals surface area contributed by atoms with Crippen molar-refractivity contribution in [2.75, 3.05) is 5.73 Å². The lowest BCUT2D eigenvalue weighted by molar-refractivity contribution is 0.103. The van der Waals surface area contributed by atoms with Crippen LogP contribution in [0.5, 0.6) is 0 Å². The van der Waals surface area contributed by atoms with Crippen LogP contribution in [0.2, 0.25) is 5.02 Å². The van der Waals surface area contributed by atoms with Crippen molar-refractivity contribution in [1.82, 2.24) is 0 Å². The number of nitrogen functional groups attached to an aromatic ring is 1. The largest absolute Gasteiger partial charge is 0.398 e. The molecule has 2 N–H and O–H groups in total. The summed E-state index contributed by atoms with van der Waals surface area (Å²) in [6.45, 7) is 1.96. The van der Waals surface area contributed by atoms with Crippen LogP contribution in [-0.2, 0) is 0 Å². The number of nitrogens with two attached hydrogens (primary N) is 1. The summed E-state index contributed by atoms with van der Waals surface area (Å²) >= 11 is 12.7. The highest BCUT2D eigenvalue weighted by Gasteiger charge is 2.15. The van der Waals surface area contributed by atoms with Gasteiger partial charge in [0.25, 0.3) is 0 Å². The first kappa shape index (κ1) is 14.6. The van der Waals surface area contributed by atoms with E-state index in [1.54, 1.807) is 24.3 Å².